The van der Waals surface area contributed by atoms with Gasteiger partial charge in [-0.15, -0.1) is 0 Å². The van der Waals surface area contributed by atoms with E-state index in [0.717, 1.165) is 16.1 Å². The van der Waals surface area contributed by atoms with Crippen molar-refractivity contribution >= 4 is 39.4 Å². The van der Waals surface area contributed by atoms with Gasteiger partial charge in [-0.25, -0.2) is 13.8 Å². The fourth-order valence-corrected chi connectivity index (χ4v) is 4.12. The molecule has 0 heterocycles. The molecular weight excluding hydrogens is 462 g/mol. The first-order valence-corrected chi connectivity index (χ1v) is 12.3. The molecule has 0 aromatic heterocycles. The SMILES string of the molecule is Cc1c(Cl)cccc1N(CC(=O)N/N=C\c1ccccc1OCc1ccccc1)S(C)(=O)=O. The number of carbonyl (C=O) groups is 1. The summed E-state index contributed by atoms with van der Waals surface area (Å²) in [7, 11) is -3.73. The van der Waals surface area contributed by atoms with E-state index in [1.165, 1.54) is 6.21 Å². The van der Waals surface area contributed by atoms with Crippen molar-refractivity contribution in [2.45, 2.75) is 13.5 Å². The molecule has 0 radical (unpaired) electrons. The Morgan fingerprint density at radius 3 is 2.48 bits per heavy atom. The Labute approximate surface area is 198 Å². The number of halogens is 1. The van der Waals surface area contributed by atoms with Crippen LogP contribution < -0.4 is 14.5 Å². The lowest BCUT2D eigenvalue weighted by molar-refractivity contribution is -0.119. The molecule has 7 nitrogen and oxygen atoms in total. The van der Waals surface area contributed by atoms with Crippen LogP contribution in [0.15, 0.2) is 77.9 Å². The summed E-state index contributed by atoms with van der Waals surface area (Å²) in [5.41, 5.74) is 4.96. The fraction of sp³-hybridized carbons (Fsp3) is 0.167. The number of nitrogens with zero attached hydrogens (tertiary/aromatic N) is 2. The van der Waals surface area contributed by atoms with Gasteiger partial charge >= 0.3 is 0 Å². The van der Waals surface area contributed by atoms with Crippen LogP contribution in [-0.2, 0) is 21.4 Å². The minimum Gasteiger partial charge on any atom is -0.488 e. The maximum atomic E-state index is 12.5. The summed E-state index contributed by atoms with van der Waals surface area (Å²) in [6.07, 6.45) is 2.48. The number of para-hydroxylation sites is 1. The van der Waals surface area contributed by atoms with Gasteiger partial charge in [-0.1, -0.05) is 60.1 Å². The highest BCUT2D eigenvalue weighted by Crippen LogP contribution is 2.28. The molecule has 0 spiro atoms. The Hall–Kier alpha value is -3.36. The molecule has 3 rings (SSSR count). The summed E-state index contributed by atoms with van der Waals surface area (Å²) in [5, 5.41) is 4.38. The van der Waals surface area contributed by atoms with Gasteiger partial charge in [0.25, 0.3) is 5.91 Å². The highest BCUT2D eigenvalue weighted by atomic mass is 35.5. The van der Waals surface area contributed by atoms with E-state index in [4.69, 9.17) is 16.3 Å². The van der Waals surface area contributed by atoms with Crippen molar-refractivity contribution in [2.75, 3.05) is 17.1 Å². The van der Waals surface area contributed by atoms with Crippen LogP contribution in [0, 0.1) is 6.92 Å². The topological polar surface area (TPSA) is 88.1 Å². The van der Waals surface area contributed by atoms with Crippen LogP contribution in [0.1, 0.15) is 16.7 Å². The molecule has 0 aliphatic heterocycles. The van der Waals surface area contributed by atoms with E-state index in [1.54, 1.807) is 37.3 Å². The summed E-state index contributed by atoms with van der Waals surface area (Å²) < 4.78 is 31.5. The van der Waals surface area contributed by atoms with Crippen LogP contribution in [0.4, 0.5) is 5.69 Å². The van der Waals surface area contributed by atoms with Gasteiger partial charge in [0.05, 0.1) is 18.2 Å². The van der Waals surface area contributed by atoms with E-state index < -0.39 is 22.5 Å². The molecule has 0 aliphatic carbocycles. The maximum Gasteiger partial charge on any atom is 0.260 e. The molecule has 0 atom stereocenters. The number of sulfonamides is 1. The second kappa shape index (κ2) is 11.0. The first-order chi connectivity index (χ1) is 15.8. The predicted molar refractivity (Wildman–Crippen MR) is 131 cm³/mol. The Balaban J connectivity index is 1.67. The van der Waals surface area contributed by atoms with Gasteiger partial charge in [0, 0.05) is 10.6 Å². The predicted octanol–water partition coefficient (Wildman–Crippen LogP) is 4.14. The molecule has 172 valence electrons. The lowest BCUT2D eigenvalue weighted by Gasteiger charge is -2.23. The summed E-state index contributed by atoms with van der Waals surface area (Å²) in [6, 6.07) is 21.9. The van der Waals surface area contributed by atoms with Crippen molar-refractivity contribution < 1.29 is 17.9 Å². The smallest absolute Gasteiger partial charge is 0.260 e. The van der Waals surface area contributed by atoms with Gasteiger partial charge in [0.15, 0.2) is 0 Å². The number of carbonyl (C=O) groups excluding carboxylic acids is 1. The van der Waals surface area contributed by atoms with E-state index >= 15 is 0 Å². The Morgan fingerprint density at radius 2 is 1.76 bits per heavy atom. The van der Waals surface area contributed by atoms with Crippen LogP contribution in [0.3, 0.4) is 0 Å². The van der Waals surface area contributed by atoms with E-state index in [0.29, 0.717) is 34.2 Å². The average molecular weight is 486 g/mol. The number of ether oxygens (including phenoxy) is 1. The van der Waals surface area contributed by atoms with Gasteiger partial charge in [-0.05, 0) is 42.3 Å². The van der Waals surface area contributed by atoms with Crippen molar-refractivity contribution in [3.63, 3.8) is 0 Å². The Bertz CT molecular complexity index is 1250. The van der Waals surface area contributed by atoms with Gasteiger partial charge < -0.3 is 4.74 Å². The molecule has 3 aromatic carbocycles. The van der Waals surface area contributed by atoms with E-state index in [2.05, 4.69) is 10.5 Å². The molecule has 0 unspecified atom stereocenters. The molecule has 33 heavy (non-hydrogen) atoms. The molecule has 0 fully saturated rings. The molecule has 0 aliphatic rings. The summed E-state index contributed by atoms with van der Waals surface area (Å²) >= 11 is 6.12. The van der Waals surface area contributed by atoms with Gasteiger partial charge in [0.2, 0.25) is 10.0 Å². The highest BCUT2D eigenvalue weighted by Gasteiger charge is 2.23. The second-order valence-corrected chi connectivity index (χ2v) is 9.57. The number of amides is 1. The quantitative estimate of drug-likeness (QED) is 0.364. The van der Waals surface area contributed by atoms with E-state index in [9.17, 15) is 13.2 Å². The summed E-state index contributed by atoms with van der Waals surface area (Å²) in [5.74, 6) is 0.00500. The minimum atomic E-state index is -3.73. The summed E-state index contributed by atoms with van der Waals surface area (Å²) in [4.78, 5) is 12.5. The molecule has 0 saturated heterocycles. The van der Waals surface area contributed by atoms with Gasteiger partial charge in [-0.2, -0.15) is 5.10 Å². The molecule has 9 heteroatoms. The standard InChI is InChI=1S/C24H24ClN3O4S/c1-18-21(25)12-8-13-22(18)28(33(2,30)31)16-24(29)27-26-15-20-11-6-7-14-23(20)32-17-19-9-4-3-5-10-19/h3-15H,16-17H2,1-2H3,(H,27,29)/b26-15-. The molecule has 0 saturated carbocycles. The second-order valence-electron chi connectivity index (χ2n) is 7.26. The zero-order valence-corrected chi connectivity index (χ0v) is 19.8. The Kier molecular flexibility index (Phi) is 8.08. The normalized spacial score (nSPS) is 11.4. The first-order valence-electron chi connectivity index (χ1n) is 10.1. The number of rotatable bonds is 9. The van der Waals surface area contributed by atoms with Crippen molar-refractivity contribution in [3.05, 3.63) is 94.5 Å². The van der Waals surface area contributed by atoms with Gasteiger partial charge in [-0.3, -0.25) is 9.10 Å². The fourth-order valence-electron chi connectivity index (χ4n) is 3.04. The number of hydrazone groups is 1. The van der Waals surface area contributed by atoms with Crippen LogP contribution in [0.5, 0.6) is 5.75 Å². The minimum absolute atomic E-state index is 0.337. The first kappa shape index (κ1) is 24.3. The summed E-state index contributed by atoms with van der Waals surface area (Å²) in [6.45, 7) is 1.64. The number of hydrogen-bond acceptors (Lipinski definition) is 5. The molecular formula is C24H24ClN3O4S. The molecule has 3 aromatic rings. The third-order valence-corrected chi connectivity index (χ3v) is 6.28. The number of nitrogens with one attached hydrogen (secondary N) is 1. The highest BCUT2D eigenvalue weighted by molar-refractivity contribution is 7.92. The number of anilines is 1. The Morgan fingerprint density at radius 1 is 1.06 bits per heavy atom. The zero-order chi connectivity index (χ0) is 23.8. The largest absolute Gasteiger partial charge is 0.488 e. The van der Waals surface area contributed by atoms with Crippen molar-refractivity contribution in [1.29, 1.82) is 0 Å². The van der Waals surface area contributed by atoms with Crippen LogP contribution in [0.2, 0.25) is 5.02 Å². The molecule has 1 amide bonds. The number of benzene rings is 3. The third kappa shape index (κ3) is 6.81. The number of hydrogen-bond donors (Lipinski definition) is 1. The third-order valence-electron chi connectivity index (χ3n) is 4.74. The lowest BCUT2D eigenvalue weighted by Crippen LogP contribution is -2.39. The van der Waals surface area contributed by atoms with Crippen LogP contribution in [0.25, 0.3) is 0 Å². The van der Waals surface area contributed by atoms with Crippen molar-refractivity contribution in [2.24, 2.45) is 5.10 Å². The monoisotopic (exact) mass is 485 g/mol. The average Bonchev–Trinajstić information content (AvgIpc) is 2.79. The van der Waals surface area contributed by atoms with E-state index in [-0.39, 0.29) is 0 Å². The zero-order valence-electron chi connectivity index (χ0n) is 18.2. The van der Waals surface area contributed by atoms with Gasteiger partial charge in [0.1, 0.15) is 18.9 Å². The molecule has 1 N–H and O–H groups in total. The lowest BCUT2D eigenvalue weighted by atomic mass is 10.2. The molecule has 0 bridgehead atoms. The van der Waals surface area contributed by atoms with E-state index in [1.807, 2.05) is 42.5 Å². The van der Waals surface area contributed by atoms with Crippen LogP contribution >= 0.6 is 11.6 Å². The maximum absolute atomic E-state index is 12.5. The van der Waals surface area contributed by atoms with Crippen molar-refractivity contribution in [3.8, 4) is 5.75 Å². The van der Waals surface area contributed by atoms with Crippen LogP contribution in [-0.4, -0.2) is 33.3 Å². The van der Waals surface area contributed by atoms with Crippen molar-refractivity contribution in [1.82, 2.24) is 5.43 Å².